The normalized spacial score (nSPS) is 10.2. The molecule has 0 saturated heterocycles. The van der Waals surface area contributed by atoms with Crippen molar-refractivity contribution in [2.45, 2.75) is 20.4 Å². The molecule has 0 radical (unpaired) electrons. The van der Waals surface area contributed by atoms with E-state index in [9.17, 15) is 9.59 Å². The predicted molar refractivity (Wildman–Crippen MR) is 102 cm³/mol. The molecule has 0 bridgehead atoms. The number of amides is 2. The van der Waals surface area contributed by atoms with Crippen molar-refractivity contribution in [3.63, 3.8) is 0 Å². The van der Waals surface area contributed by atoms with Crippen LogP contribution in [0.5, 0.6) is 11.5 Å². The van der Waals surface area contributed by atoms with E-state index in [4.69, 9.17) is 9.47 Å². The number of hydrogen-bond acceptors (Lipinski definition) is 5. The van der Waals surface area contributed by atoms with Crippen LogP contribution in [0.1, 0.15) is 40.3 Å². The van der Waals surface area contributed by atoms with Crippen molar-refractivity contribution < 1.29 is 19.1 Å². The van der Waals surface area contributed by atoms with Crippen LogP contribution in [0.4, 0.5) is 0 Å². The molecule has 1 N–H and O–H groups in total. The Bertz CT molecular complexity index is 804. The average molecular weight is 371 g/mol. The van der Waals surface area contributed by atoms with Gasteiger partial charge in [-0.1, -0.05) is 6.07 Å². The van der Waals surface area contributed by atoms with Crippen molar-refractivity contribution in [2.24, 2.45) is 0 Å². The monoisotopic (exact) mass is 371 g/mol. The lowest BCUT2D eigenvalue weighted by Crippen LogP contribution is -2.31. The molecular formula is C20H25N3O4. The molecule has 2 rings (SSSR count). The van der Waals surface area contributed by atoms with Crippen molar-refractivity contribution >= 4 is 11.8 Å². The summed E-state index contributed by atoms with van der Waals surface area (Å²) in [7, 11) is 3.12. The van der Waals surface area contributed by atoms with Gasteiger partial charge in [-0.25, -0.2) is 0 Å². The van der Waals surface area contributed by atoms with Crippen molar-refractivity contribution in [1.29, 1.82) is 0 Å². The minimum atomic E-state index is -0.348. The van der Waals surface area contributed by atoms with E-state index in [0.29, 0.717) is 36.7 Å². The number of benzene rings is 1. The van der Waals surface area contributed by atoms with E-state index in [2.05, 4.69) is 10.3 Å². The quantitative estimate of drug-likeness (QED) is 0.771. The lowest BCUT2D eigenvalue weighted by Gasteiger charge is -2.18. The summed E-state index contributed by atoms with van der Waals surface area (Å²) in [5, 5.41) is 2.80. The van der Waals surface area contributed by atoms with Gasteiger partial charge in [0.15, 0.2) is 11.5 Å². The summed E-state index contributed by atoms with van der Waals surface area (Å²) in [5.74, 6) is 0.751. The van der Waals surface area contributed by atoms with E-state index in [1.54, 1.807) is 37.3 Å². The zero-order chi connectivity index (χ0) is 19.8. The van der Waals surface area contributed by atoms with Crippen molar-refractivity contribution in [1.82, 2.24) is 15.2 Å². The van der Waals surface area contributed by atoms with E-state index in [0.717, 1.165) is 5.56 Å². The van der Waals surface area contributed by atoms with Crippen LogP contribution >= 0.6 is 0 Å². The highest BCUT2D eigenvalue weighted by atomic mass is 16.5. The maximum atomic E-state index is 12.4. The first-order chi connectivity index (χ1) is 13.0. The molecule has 144 valence electrons. The Morgan fingerprint density at radius 1 is 1.04 bits per heavy atom. The standard InChI is InChI=1S/C20H25N3O4/c1-5-23(6-2)20(25)15-9-10-21-16(12-15)19(24)22-13-14-7-8-17(26-3)18(11-14)27-4/h7-12H,5-6,13H2,1-4H3,(H,22,24). The van der Waals surface area contributed by atoms with Crippen LogP contribution in [-0.4, -0.2) is 49.0 Å². The molecule has 0 spiro atoms. The summed E-state index contributed by atoms with van der Waals surface area (Å²) < 4.78 is 10.5. The lowest BCUT2D eigenvalue weighted by atomic mass is 10.1. The molecule has 1 aromatic carbocycles. The fraction of sp³-hybridized carbons (Fsp3) is 0.350. The van der Waals surface area contributed by atoms with E-state index in [1.807, 2.05) is 19.9 Å². The van der Waals surface area contributed by atoms with Gasteiger partial charge >= 0.3 is 0 Å². The van der Waals surface area contributed by atoms with Crippen LogP contribution in [0, 0.1) is 0 Å². The fourth-order valence-electron chi connectivity index (χ4n) is 2.64. The molecule has 1 heterocycles. The second-order valence-electron chi connectivity index (χ2n) is 5.78. The molecule has 2 aromatic rings. The number of rotatable bonds is 8. The van der Waals surface area contributed by atoms with Crippen LogP contribution in [0.3, 0.4) is 0 Å². The summed E-state index contributed by atoms with van der Waals surface area (Å²) in [4.78, 5) is 30.6. The molecule has 7 nitrogen and oxygen atoms in total. The number of nitrogens with zero attached hydrogens (tertiary/aromatic N) is 2. The van der Waals surface area contributed by atoms with Gasteiger partial charge in [0.2, 0.25) is 0 Å². The molecule has 27 heavy (non-hydrogen) atoms. The van der Waals surface area contributed by atoms with Crippen molar-refractivity contribution in [3.05, 3.63) is 53.3 Å². The smallest absolute Gasteiger partial charge is 0.270 e. The maximum Gasteiger partial charge on any atom is 0.270 e. The highest BCUT2D eigenvalue weighted by Crippen LogP contribution is 2.27. The van der Waals surface area contributed by atoms with E-state index in [1.165, 1.54) is 12.3 Å². The van der Waals surface area contributed by atoms with Gasteiger partial charge in [-0.05, 0) is 43.7 Å². The number of aromatic nitrogens is 1. The lowest BCUT2D eigenvalue weighted by molar-refractivity contribution is 0.0773. The van der Waals surface area contributed by atoms with Crippen LogP contribution in [-0.2, 0) is 6.54 Å². The molecule has 7 heteroatoms. The summed E-state index contributed by atoms with van der Waals surface area (Å²) in [6, 6.07) is 8.56. The topological polar surface area (TPSA) is 80.8 Å². The van der Waals surface area contributed by atoms with Gasteiger partial charge in [-0.3, -0.25) is 14.6 Å². The summed E-state index contributed by atoms with van der Waals surface area (Å²) >= 11 is 0. The molecule has 0 unspecified atom stereocenters. The Hall–Kier alpha value is -3.09. The zero-order valence-corrected chi connectivity index (χ0v) is 16.1. The first-order valence-corrected chi connectivity index (χ1v) is 8.78. The average Bonchev–Trinajstić information content (AvgIpc) is 2.72. The highest BCUT2D eigenvalue weighted by molar-refractivity contribution is 5.98. The molecule has 0 saturated carbocycles. The van der Waals surface area contributed by atoms with Gasteiger partial charge < -0.3 is 19.7 Å². The molecule has 1 aromatic heterocycles. The predicted octanol–water partition coefficient (Wildman–Crippen LogP) is 2.51. The van der Waals surface area contributed by atoms with Crippen LogP contribution in [0.25, 0.3) is 0 Å². The number of ether oxygens (including phenoxy) is 2. The molecule has 0 aliphatic carbocycles. The molecule has 0 fully saturated rings. The van der Waals surface area contributed by atoms with Gasteiger partial charge in [0, 0.05) is 31.4 Å². The fourth-order valence-corrected chi connectivity index (χ4v) is 2.64. The molecular weight excluding hydrogens is 346 g/mol. The first kappa shape index (κ1) is 20.2. The largest absolute Gasteiger partial charge is 0.493 e. The third-order valence-electron chi connectivity index (χ3n) is 4.19. The molecule has 0 aliphatic heterocycles. The number of nitrogens with one attached hydrogen (secondary N) is 1. The summed E-state index contributed by atoms with van der Waals surface area (Å²) in [6.07, 6.45) is 1.47. The maximum absolute atomic E-state index is 12.4. The van der Waals surface area contributed by atoms with Gasteiger partial charge in [0.25, 0.3) is 11.8 Å². The second kappa shape index (κ2) is 9.56. The number of pyridine rings is 1. The number of hydrogen-bond donors (Lipinski definition) is 1. The number of carbonyl (C=O) groups excluding carboxylic acids is 2. The molecule has 0 atom stereocenters. The van der Waals surface area contributed by atoms with Gasteiger partial charge in [0.05, 0.1) is 14.2 Å². The Morgan fingerprint density at radius 3 is 2.37 bits per heavy atom. The van der Waals surface area contributed by atoms with Crippen LogP contribution in [0.2, 0.25) is 0 Å². The van der Waals surface area contributed by atoms with Crippen molar-refractivity contribution in [2.75, 3.05) is 27.3 Å². The Balaban J connectivity index is 2.08. The van der Waals surface area contributed by atoms with Gasteiger partial charge in [-0.2, -0.15) is 0 Å². The van der Waals surface area contributed by atoms with Crippen molar-refractivity contribution in [3.8, 4) is 11.5 Å². The van der Waals surface area contributed by atoms with Crippen LogP contribution < -0.4 is 14.8 Å². The summed E-state index contributed by atoms with van der Waals surface area (Å²) in [6.45, 7) is 5.35. The number of methoxy groups -OCH3 is 2. The third-order valence-corrected chi connectivity index (χ3v) is 4.19. The number of carbonyl (C=O) groups is 2. The second-order valence-corrected chi connectivity index (χ2v) is 5.78. The van der Waals surface area contributed by atoms with E-state index >= 15 is 0 Å². The minimum absolute atomic E-state index is 0.114. The SMILES string of the molecule is CCN(CC)C(=O)c1ccnc(C(=O)NCc2ccc(OC)c(OC)c2)c1. The van der Waals surface area contributed by atoms with Gasteiger partial charge in [0.1, 0.15) is 5.69 Å². The highest BCUT2D eigenvalue weighted by Gasteiger charge is 2.15. The minimum Gasteiger partial charge on any atom is -0.493 e. The van der Waals surface area contributed by atoms with E-state index in [-0.39, 0.29) is 17.5 Å². The third kappa shape index (κ3) is 4.97. The summed E-state index contributed by atoms with van der Waals surface area (Å²) in [5.41, 5.74) is 1.51. The Morgan fingerprint density at radius 2 is 1.74 bits per heavy atom. The van der Waals surface area contributed by atoms with Gasteiger partial charge in [-0.15, -0.1) is 0 Å². The Labute approximate surface area is 159 Å². The molecule has 0 aliphatic rings. The van der Waals surface area contributed by atoms with E-state index < -0.39 is 0 Å². The van der Waals surface area contributed by atoms with Crippen LogP contribution in [0.15, 0.2) is 36.5 Å². The zero-order valence-electron chi connectivity index (χ0n) is 16.1. The Kier molecular flexibility index (Phi) is 7.16. The first-order valence-electron chi connectivity index (χ1n) is 8.78. The molecule has 2 amide bonds.